The molecule has 0 fully saturated rings. The van der Waals surface area contributed by atoms with Crippen LogP contribution in [0.15, 0.2) is 29.6 Å². The van der Waals surface area contributed by atoms with E-state index in [1.165, 1.54) is 0 Å². The second kappa shape index (κ2) is 5.27. The summed E-state index contributed by atoms with van der Waals surface area (Å²) in [6.45, 7) is 0. The second-order valence-corrected chi connectivity index (χ2v) is 4.26. The van der Waals surface area contributed by atoms with E-state index in [1.807, 2.05) is 0 Å². The van der Waals surface area contributed by atoms with Crippen LogP contribution in [0.2, 0.25) is 0 Å². The molecule has 2 aliphatic heterocycles. The predicted molar refractivity (Wildman–Crippen MR) is 74.0 cm³/mol. The smallest absolute Gasteiger partial charge is 0.369 e. The maximum Gasteiger partial charge on any atom is 0.370 e. The predicted octanol–water partition coefficient (Wildman–Crippen LogP) is -4.55. The Bertz CT molecular complexity index is 1160. The third-order valence-electron chi connectivity index (χ3n) is 2.61. The number of carbonyl (C=O) groups is 2. The van der Waals surface area contributed by atoms with Gasteiger partial charge in [0.15, 0.2) is 21.7 Å². The van der Waals surface area contributed by atoms with Gasteiger partial charge >= 0.3 is 12.1 Å². The summed E-state index contributed by atoms with van der Waals surface area (Å²) in [5.74, 6) is -0.153. The van der Waals surface area contributed by atoms with Gasteiger partial charge in [0, 0.05) is 0 Å². The molecule has 2 aromatic rings. The van der Waals surface area contributed by atoms with Crippen molar-refractivity contribution in [2.75, 3.05) is 11.5 Å². The van der Waals surface area contributed by atoms with Crippen molar-refractivity contribution in [2.24, 2.45) is 20.0 Å². The summed E-state index contributed by atoms with van der Waals surface area (Å²) >= 11 is 0. The van der Waals surface area contributed by atoms with E-state index in [1.54, 1.807) is 0 Å². The minimum absolute atomic E-state index is 0.0127. The van der Waals surface area contributed by atoms with Gasteiger partial charge in [-0.1, -0.05) is 0 Å². The minimum atomic E-state index is -0.728. The van der Waals surface area contributed by atoms with Crippen LogP contribution in [0.5, 0.6) is 0 Å². The summed E-state index contributed by atoms with van der Waals surface area (Å²) in [6, 6.07) is -1.46. The van der Waals surface area contributed by atoms with Gasteiger partial charge in [-0.25, -0.2) is 9.59 Å². The molecule has 0 unspecified atom stereocenters. The Morgan fingerprint density at radius 1 is 0.625 bits per heavy atom. The summed E-state index contributed by atoms with van der Waals surface area (Å²) in [6.07, 6.45) is 0. The van der Waals surface area contributed by atoms with Crippen LogP contribution in [-0.4, -0.2) is 32.0 Å². The number of hydrogen-bond acceptors (Lipinski definition) is 8. The fourth-order valence-electron chi connectivity index (χ4n) is 1.72. The average Bonchev–Trinajstić information content (AvgIpc) is 3.01. The third-order valence-corrected chi connectivity index (χ3v) is 2.61. The molecule has 24 heavy (non-hydrogen) atoms. The van der Waals surface area contributed by atoms with Gasteiger partial charge < -0.3 is 11.5 Å². The van der Waals surface area contributed by atoms with Crippen molar-refractivity contribution in [3.8, 4) is 0 Å². The Balaban J connectivity index is 0.000000141. The Hall–Kier alpha value is -4.10. The molecule has 0 bridgehead atoms. The van der Waals surface area contributed by atoms with Gasteiger partial charge in [0.2, 0.25) is 11.9 Å². The van der Waals surface area contributed by atoms with Crippen molar-refractivity contribution in [3.63, 3.8) is 0 Å². The van der Waals surface area contributed by atoms with E-state index >= 15 is 0 Å². The van der Waals surface area contributed by atoms with Crippen LogP contribution < -0.4 is 44.3 Å². The van der Waals surface area contributed by atoms with Gasteiger partial charge in [0.25, 0.3) is 11.1 Å². The van der Waals surface area contributed by atoms with Crippen molar-refractivity contribution < 1.29 is 9.59 Å². The van der Waals surface area contributed by atoms with E-state index in [-0.39, 0.29) is 33.6 Å². The summed E-state index contributed by atoms with van der Waals surface area (Å²) in [4.78, 5) is 68.2. The number of nitrogens with zero attached hydrogens (tertiary/aromatic N) is 6. The fourth-order valence-corrected chi connectivity index (χ4v) is 1.72. The number of aromatic amines is 2. The van der Waals surface area contributed by atoms with E-state index in [0.29, 0.717) is 0 Å². The molecule has 0 spiro atoms. The van der Waals surface area contributed by atoms with E-state index in [2.05, 4.69) is 39.9 Å². The molecule has 2 aromatic heterocycles. The highest BCUT2D eigenvalue weighted by atomic mass is 16.2. The molecule has 14 heteroatoms. The number of rotatable bonds is 0. The standard InChI is InChI=1S/2C5H3N5O2/c2*6-4-8-2-1(3(11)10-4)7-5(12)9-2/h2*(H3,6,8,9,10,11,12). The molecular weight excluding hydrogens is 324 g/mol. The topological polar surface area (TPSA) is 227 Å². The Morgan fingerprint density at radius 3 is 1.38 bits per heavy atom. The number of H-pyrrole nitrogens is 2. The van der Waals surface area contributed by atoms with Crippen molar-refractivity contribution in [3.05, 3.63) is 42.4 Å². The molecule has 2 aliphatic rings. The Morgan fingerprint density at radius 2 is 1.00 bits per heavy atom. The number of carbonyl (C=O) groups excluding carboxylic acids is 2. The quantitative estimate of drug-likeness (QED) is 0.366. The van der Waals surface area contributed by atoms with Crippen LogP contribution >= 0.6 is 0 Å². The van der Waals surface area contributed by atoms with Crippen LogP contribution in [0, 0.1) is 0 Å². The first-order valence-corrected chi connectivity index (χ1v) is 6.08. The molecule has 0 atom stereocenters. The zero-order chi connectivity index (χ0) is 17.4. The minimum Gasteiger partial charge on any atom is -0.369 e. The molecule has 0 saturated carbocycles. The third kappa shape index (κ3) is 2.65. The number of aromatic nitrogens is 4. The molecule has 0 radical (unpaired) electrons. The molecule has 6 N–H and O–H groups in total. The lowest BCUT2D eigenvalue weighted by molar-refractivity contribution is 0.256. The van der Waals surface area contributed by atoms with Gasteiger partial charge in [-0.15, -0.1) is 0 Å². The Kier molecular flexibility index (Phi) is 3.25. The summed E-state index contributed by atoms with van der Waals surface area (Å²) in [5.41, 5.74) is 9.27. The number of fused-ring (bicyclic) bond motifs is 2. The van der Waals surface area contributed by atoms with Gasteiger partial charge in [-0.2, -0.15) is 29.9 Å². The number of amides is 4. The molecule has 4 heterocycles. The molecule has 0 aromatic carbocycles. The molecule has 0 saturated heterocycles. The van der Waals surface area contributed by atoms with Crippen LogP contribution in [-0.2, 0) is 0 Å². The van der Waals surface area contributed by atoms with E-state index in [0.717, 1.165) is 0 Å². The van der Waals surface area contributed by atoms with Crippen LogP contribution in [0.4, 0.5) is 21.5 Å². The lowest BCUT2D eigenvalue weighted by atomic mass is 10.6. The van der Waals surface area contributed by atoms with Gasteiger partial charge in [-0.3, -0.25) is 19.6 Å². The maximum atomic E-state index is 11.0. The van der Waals surface area contributed by atoms with Gasteiger partial charge in [0.05, 0.1) is 0 Å². The summed E-state index contributed by atoms with van der Waals surface area (Å²) < 4.78 is 0. The van der Waals surface area contributed by atoms with Gasteiger partial charge in [0.1, 0.15) is 0 Å². The second-order valence-electron chi connectivity index (χ2n) is 4.26. The molecule has 14 nitrogen and oxygen atoms in total. The van der Waals surface area contributed by atoms with Crippen molar-refractivity contribution in [1.29, 1.82) is 0 Å². The Labute approximate surface area is 128 Å². The lowest BCUT2D eigenvalue weighted by Crippen LogP contribution is -2.41. The maximum absolute atomic E-state index is 11.0. The number of anilines is 2. The number of urea groups is 2. The summed E-state index contributed by atoms with van der Waals surface area (Å²) in [7, 11) is 0. The first-order valence-electron chi connectivity index (χ1n) is 6.08. The van der Waals surface area contributed by atoms with Crippen molar-refractivity contribution >= 4 is 24.0 Å². The van der Waals surface area contributed by atoms with Crippen molar-refractivity contribution in [2.45, 2.75) is 0 Å². The van der Waals surface area contributed by atoms with Crippen LogP contribution in [0.1, 0.15) is 0 Å². The normalized spacial score (nSPS) is 13.5. The van der Waals surface area contributed by atoms with Gasteiger partial charge in [-0.05, 0) is 0 Å². The first-order chi connectivity index (χ1) is 11.3. The number of hydrogen-bond donors (Lipinski definition) is 4. The zero-order valence-corrected chi connectivity index (χ0v) is 11.5. The van der Waals surface area contributed by atoms with Crippen LogP contribution in [0.3, 0.4) is 0 Å². The molecule has 4 amide bonds. The fraction of sp³-hybridized carbons (Fsp3) is 0. The largest absolute Gasteiger partial charge is 0.370 e. The number of nitrogen functional groups attached to an aromatic ring is 2. The average molecular weight is 330 g/mol. The van der Waals surface area contributed by atoms with Crippen molar-refractivity contribution in [1.82, 2.24) is 19.9 Å². The highest BCUT2D eigenvalue weighted by molar-refractivity contribution is 5.77. The summed E-state index contributed by atoms with van der Waals surface area (Å²) in [5, 5.41) is -0.150. The highest BCUT2D eigenvalue weighted by Gasteiger charge is 2.10. The SMILES string of the molecule is Nc1nc2c(c(=O)[nH]1)=NC(=O)N=2.Nc1nc2c(c(=O)[nH]1)=NC(=O)N=2. The monoisotopic (exact) mass is 330 g/mol. The zero-order valence-electron chi connectivity index (χ0n) is 11.5. The molecular formula is C10H6N10O4. The number of nitrogens with two attached hydrogens (primary N) is 2. The molecule has 0 aliphatic carbocycles. The van der Waals surface area contributed by atoms with E-state index < -0.39 is 23.2 Å². The van der Waals surface area contributed by atoms with E-state index in [4.69, 9.17) is 11.5 Å². The number of nitrogens with one attached hydrogen (secondary N) is 2. The molecule has 120 valence electrons. The first kappa shape index (κ1) is 14.8. The van der Waals surface area contributed by atoms with E-state index in [9.17, 15) is 19.2 Å². The highest BCUT2D eigenvalue weighted by Crippen LogP contribution is 1.82. The lowest BCUT2D eigenvalue weighted by Gasteiger charge is -1.86. The van der Waals surface area contributed by atoms with Crippen LogP contribution in [0.25, 0.3) is 0 Å². The molecule has 4 rings (SSSR count).